The number of benzene rings is 2. The molecular formula is C27H25N7O3. The average Bonchev–Trinajstić information content (AvgIpc) is 3.30. The molecule has 0 radical (unpaired) electrons. The second-order valence-corrected chi connectivity index (χ2v) is 8.46. The van der Waals surface area contributed by atoms with Crippen LogP contribution in [0.15, 0.2) is 84.2 Å². The highest BCUT2D eigenvalue weighted by Gasteiger charge is 2.22. The Morgan fingerprint density at radius 1 is 1.08 bits per heavy atom. The van der Waals surface area contributed by atoms with Crippen molar-refractivity contribution in [2.45, 2.75) is 19.9 Å². The SMILES string of the molecule is COc1cccc(NC(=O)c2cncnc2N[C@@H](C)c2nn3ccc(C)c3c(=O)n2-c2ccccc2)c1. The van der Waals surface area contributed by atoms with E-state index in [0.29, 0.717) is 34.3 Å². The number of rotatable bonds is 7. The van der Waals surface area contributed by atoms with Crippen molar-refractivity contribution in [3.05, 3.63) is 107 Å². The fourth-order valence-corrected chi connectivity index (χ4v) is 4.12. The number of amides is 1. The van der Waals surface area contributed by atoms with Crippen molar-refractivity contribution in [2.75, 3.05) is 17.7 Å². The van der Waals surface area contributed by atoms with E-state index in [1.807, 2.05) is 50.2 Å². The highest BCUT2D eigenvalue weighted by molar-refractivity contribution is 6.07. The second kappa shape index (κ2) is 9.94. The van der Waals surface area contributed by atoms with Gasteiger partial charge in [0.2, 0.25) is 0 Å². The van der Waals surface area contributed by atoms with E-state index in [1.165, 1.54) is 12.5 Å². The molecule has 0 bridgehead atoms. The zero-order valence-electron chi connectivity index (χ0n) is 20.5. The summed E-state index contributed by atoms with van der Waals surface area (Å²) in [5, 5.41) is 10.8. The first-order valence-corrected chi connectivity index (χ1v) is 11.6. The Kier molecular flexibility index (Phi) is 6.38. The zero-order valence-corrected chi connectivity index (χ0v) is 20.5. The van der Waals surface area contributed by atoms with E-state index in [2.05, 4.69) is 20.6 Å². The molecule has 3 heterocycles. The normalized spacial score (nSPS) is 11.8. The molecule has 3 aromatic heterocycles. The first-order valence-electron chi connectivity index (χ1n) is 11.6. The van der Waals surface area contributed by atoms with Crippen LogP contribution in [0, 0.1) is 6.92 Å². The van der Waals surface area contributed by atoms with Gasteiger partial charge in [-0.1, -0.05) is 24.3 Å². The van der Waals surface area contributed by atoms with Gasteiger partial charge in [0.1, 0.15) is 29.0 Å². The number of ether oxygens (including phenoxy) is 1. The highest BCUT2D eigenvalue weighted by Crippen LogP contribution is 2.23. The molecule has 2 aromatic carbocycles. The molecule has 0 spiro atoms. The van der Waals surface area contributed by atoms with Crippen molar-refractivity contribution in [2.24, 2.45) is 0 Å². The lowest BCUT2D eigenvalue weighted by Crippen LogP contribution is -2.30. The van der Waals surface area contributed by atoms with Gasteiger partial charge < -0.3 is 15.4 Å². The molecule has 5 aromatic rings. The average molecular weight is 496 g/mol. The summed E-state index contributed by atoms with van der Waals surface area (Å²) in [5.74, 6) is 0.987. The first-order chi connectivity index (χ1) is 18.0. The van der Waals surface area contributed by atoms with Crippen LogP contribution in [0.1, 0.15) is 34.7 Å². The fraction of sp³-hybridized carbons (Fsp3) is 0.148. The Balaban J connectivity index is 1.52. The standard InChI is InChI=1S/C27H25N7O3/c1-17-12-13-33-23(17)27(36)34(20-9-5-4-6-10-20)25(32-33)18(2)30-24-22(15-28-16-29-24)26(35)31-19-8-7-11-21(14-19)37-3/h4-16,18H,1-3H3,(H,31,35)(H,28,29,30)/t18-/m0/s1. The summed E-state index contributed by atoms with van der Waals surface area (Å²) >= 11 is 0. The maximum atomic E-state index is 13.6. The van der Waals surface area contributed by atoms with Crippen LogP contribution in [0.5, 0.6) is 5.75 Å². The first kappa shape index (κ1) is 23.7. The summed E-state index contributed by atoms with van der Waals surface area (Å²) in [7, 11) is 1.56. The van der Waals surface area contributed by atoms with Gasteiger partial charge >= 0.3 is 0 Å². The van der Waals surface area contributed by atoms with Gasteiger partial charge in [0.15, 0.2) is 5.82 Å². The van der Waals surface area contributed by atoms with Crippen molar-refractivity contribution in [1.82, 2.24) is 24.1 Å². The molecule has 0 unspecified atom stereocenters. The topological polar surface area (TPSA) is 115 Å². The van der Waals surface area contributed by atoms with Gasteiger partial charge in [-0.2, -0.15) is 5.10 Å². The Labute approximate surface area is 212 Å². The van der Waals surface area contributed by atoms with Crippen LogP contribution in [-0.2, 0) is 0 Å². The van der Waals surface area contributed by atoms with E-state index < -0.39 is 11.9 Å². The summed E-state index contributed by atoms with van der Waals surface area (Å²) in [6.07, 6.45) is 4.55. The third-order valence-corrected chi connectivity index (χ3v) is 5.95. The number of anilines is 2. The van der Waals surface area contributed by atoms with Gasteiger partial charge in [0.25, 0.3) is 11.5 Å². The second-order valence-electron chi connectivity index (χ2n) is 8.46. The lowest BCUT2D eigenvalue weighted by Gasteiger charge is -2.20. The summed E-state index contributed by atoms with van der Waals surface area (Å²) in [4.78, 5) is 35.1. The van der Waals surface area contributed by atoms with Crippen molar-refractivity contribution < 1.29 is 9.53 Å². The van der Waals surface area contributed by atoms with Crippen molar-refractivity contribution in [3.8, 4) is 11.4 Å². The lowest BCUT2D eigenvalue weighted by molar-refractivity contribution is 0.102. The molecular weight excluding hydrogens is 470 g/mol. The number of para-hydroxylation sites is 1. The molecule has 0 saturated heterocycles. The smallest absolute Gasteiger partial charge is 0.282 e. The van der Waals surface area contributed by atoms with Gasteiger partial charge in [-0.05, 0) is 49.7 Å². The zero-order chi connectivity index (χ0) is 25.9. The third-order valence-electron chi connectivity index (χ3n) is 5.95. The quantitative estimate of drug-likeness (QED) is 0.350. The number of aryl methyl sites for hydroxylation is 1. The van der Waals surface area contributed by atoms with E-state index in [-0.39, 0.29) is 11.1 Å². The van der Waals surface area contributed by atoms with E-state index in [4.69, 9.17) is 9.84 Å². The number of methoxy groups -OCH3 is 1. The number of aromatic nitrogens is 5. The predicted molar refractivity (Wildman–Crippen MR) is 141 cm³/mol. The van der Waals surface area contributed by atoms with Crippen LogP contribution in [0.25, 0.3) is 11.2 Å². The van der Waals surface area contributed by atoms with Gasteiger partial charge in [0.05, 0.1) is 18.8 Å². The molecule has 1 atom stereocenters. The molecule has 5 rings (SSSR count). The van der Waals surface area contributed by atoms with E-state index in [1.54, 1.807) is 46.7 Å². The molecule has 1 amide bonds. The largest absolute Gasteiger partial charge is 0.497 e. The number of hydrogen-bond donors (Lipinski definition) is 2. The number of hydrogen-bond acceptors (Lipinski definition) is 7. The van der Waals surface area contributed by atoms with Crippen LogP contribution in [0.2, 0.25) is 0 Å². The minimum atomic E-state index is -0.502. The van der Waals surface area contributed by atoms with Crippen molar-refractivity contribution in [3.63, 3.8) is 0 Å². The molecule has 0 saturated carbocycles. The van der Waals surface area contributed by atoms with E-state index in [9.17, 15) is 9.59 Å². The van der Waals surface area contributed by atoms with E-state index >= 15 is 0 Å². The fourth-order valence-electron chi connectivity index (χ4n) is 4.12. The summed E-state index contributed by atoms with van der Waals surface area (Å²) in [5.41, 5.74) is 2.64. The van der Waals surface area contributed by atoms with Gasteiger partial charge in [-0.3, -0.25) is 14.2 Å². The number of nitrogens with one attached hydrogen (secondary N) is 2. The Morgan fingerprint density at radius 3 is 2.68 bits per heavy atom. The monoisotopic (exact) mass is 495 g/mol. The molecule has 2 N–H and O–H groups in total. The number of fused-ring (bicyclic) bond motifs is 1. The van der Waals surface area contributed by atoms with Crippen molar-refractivity contribution >= 4 is 22.9 Å². The minimum absolute atomic E-state index is 0.189. The predicted octanol–water partition coefficient (Wildman–Crippen LogP) is 4.02. The lowest BCUT2D eigenvalue weighted by atomic mass is 10.2. The van der Waals surface area contributed by atoms with Gasteiger partial charge in [0, 0.05) is 24.1 Å². The van der Waals surface area contributed by atoms with Crippen LogP contribution in [0.3, 0.4) is 0 Å². The Hall–Kier alpha value is -4.99. The van der Waals surface area contributed by atoms with Crippen molar-refractivity contribution in [1.29, 1.82) is 0 Å². The maximum Gasteiger partial charge on any atom is 0.282 e. The molecule has 37 heavy (non-hydrogen) atoms. The van der Waals surface area contributed by atoms with Crippen LogP contribution < -0.4 is 20.9 Å². The molecule has 10 nitrogen and oxygen atoms in total. The number of nitrogens with zero attached hydrogens (tertiary/aromatic N) is 5. The molecule has 0 aliphatic heterocycles. The summed E-state index contributed by atoms with van der Waals surface area (Å²) in [6, 6.07) is 17.7. The minimum Gasteiger partial charge on any atom is -0.497 e. The van der Waals surface area contributed by atoms with Gasteiger partial charge in [-0.25, -0.2) is 14.5 Å². The van der Waals surface area contributed by atoms with E-state index in [0.717, 1.165) is 5.56 Å². The van der Waals surface area contributed by atoms with Gasteiger partial charge in [-0.15, -0.1) is 0 Å². The van der Waals surface area contributed by atoms with Crippen LogP contribution in [-0.4, -0.2) is 37.2 Å². The Morgan fingerprint density at radius 2 is 1.89 bits per heavy atom. The van der Waals surface area contributed by atoms with Crippen LogP contribution >= 0.6 is 0 Å². The molecule has 0 fully saturated rings. The summed E-state index contributed by atoms with van der Waals surface area (Å²) < 4.78 is 8.40. The molecule has 0 aliphatic rings. The molecule has 0 aliphatic carbocycles. The summed E-state index contributed by atoms with van der Waals surface area (Å²) in [6.45, 7) is 3.73. The van der Waals surface area contributed by atoms with Crippen LogP contribution in [0.4, 0.5) is 11.5 Å². The Bertz CT molecular complexity index is 1640. The number of carbonyl (C=O) groups excluding carboxylic acids is 1. The maximum absolute atomic E-state index is 13.6. The number of carbonyl (C=O) groups is 1. The molecule has 186 valence electrons. The third kappa shape index (κ3) is 4.64. The molecule has 10 heteroatoms. The highest BCUT2D eigenvalue weighted by atomic mass is 16.5.